The van der Waals surface area contributed by atoms with Crippen LogP contribution in [0.15, 0.2) is 18.2 Å². The van der Waals surface area contributed by atoms with Crippen LogP contribution in [0, 0.1) is 5.82 Å². The highest BCUT2D eigenvalue weighted by atomic mass is 19.1. The molecule has 0 aliphatic rings. The van der Waals surface area contributed by atoms with Crippen molar-refractivity contribution in [1.82, 2.24) is 0 Å². The summed E-state index contributed by atoms with van der Waals surface area (Å²) in [7, 11) is 1.93. The van der Waals surface area contributed by atoms with Crippen molar-refractivity contribution in [2.24, 2.45) is 5.73 Å². The van der Waals surface area contributed by atoms with Gasteiger partial charge in [0.2, 0.25) is 0 Å². The van der Waals surface area contributed by atoms with Crippen LogP contribution in [0.4, 0.5) is 10.1 Å². The minimum atomic E-state index is -0.159. The summed E-state index contributed by atoms with van der Waals surface area (Å²) in [5.74, 6) is -0.159. The number of nitrogens with zero attached hydrogens (tertiary/aromatic N) is 1. The molecule has 0 bridgehead atoms. The highest BCUT2D eigenvalue weighted by molar-refractivity contribution is 5.49. The number of halogens is 1. The summed E-state index contributed by atoms with van der Waals surface area (Å²) in [6.07, 6.45) is 1.73. The van der Waals surface area contributed by atoms with E-state index in [-0.39, 0.29) is 5.82 Å². The van der Waals surface area contributed by atoms with Gasteiger partial charge >= 0.3 is 0 Å². The van der Waals surface area contributed by atoms with Crippen LogP contribution in [0.3, 0.4) is 0 Å². The Labute approximate surface area is 97.3 Å². The Balaban J connectivity index is 2.89. The minimum Gasteiger partial charge on any atom is -0.370 e. The minimum absolute atomic E-state index is 0.159. The third-order valence-corrected chi connectivity index (χ3v) is 3.08. The van der Waals surface area contributed by atoms with E-state index in [2.05, 4.69) is 13.8 Å². The van der Waals surface area contributed by atoms with E-state index in [1.54, 1.807) is 6.07 Å². The number of anilines is 1. The van der Waals surface area contributed by atoms with Crippen LogP contribution in [0.25, 0.3) is 0 Å². The molecule has 0 fully saturated rings. The van der Waals surface area contributed by atoms with Crippen LogP contribution < -0.4 is 10.6 Å². The maximum absolute atomic E-state index is 13.8. The fourth-order valence-corrected chi connectivity index (χ4v) is 1.67. The summed E-state index contributed by atoms with van der Waals surface area (Å²) in [6, 6.07) is 5.72. The Morgan fingerprint density at radius 3 is 2.62 bits per heavy atom. The van der Waals surface area contributed by atoms with E-state index < -0.39 is 0 Å². The molecule has 2 nitrogen and oxygen atoms in total. The first-order valence-corrected chi connectivity index (χ1v) is 5.81. The van der Waals surface area contributed by atoms with Crippen molar-refractivity contribution < 1.29 is 4.39 Å². The molecule has 0 radical (unpaired) electrons. The van der Waals surface area contributed by atoms with Crippen molar-refractivity contribution in [2.75, 3.05) is 18.5 Å². The zero-order chi connectivity index (χ0) is 12.1. The molecule has 0 aliphatic heterocycles. The lowest BCUT2D eigenvalue weighted by molar-refractivity contribution is 0.597. The van der Waals surface area contributed by atoms with Crippen LogP contribution in [-0.2, 0) is 6.42 Å². The quantitative estimate of drug-likeness (QED) is 0.833. The molecular formula is C13H21FN2. The Morgan fingerprint density at radius 2 is 2.12 bits per heavy atom. The molecular weight excluding hydrogens is 203 g/mol. The average molecular weight is 224 g/mol. The second-order valence-corrected chi connectivity index (χ2v) is 4.19. The monoisotopic (exact) mass is 224 g/mol. The average Bonchev–Trinajstić information content (AvgIpc) is 2.28. The molecule has 0 spiro atoms. The number of nitrogens with two attached hydrogens (primary N) is 1. The van der Waals surface area contributed by atoms with Crippen LogP contribution in [0.5, 0.6) is 0 Å². The number of hydrogen-bond acceptors (Lipinski definition) is 2. The summed E-state index contributed by atoms with van der Waals surface area (Å²) < 4.78 is 13.8. The van der Waals surface area contributed by atoms with Gasteiger partial charge in [0.1, 0.15) is 5.82 Å². The third-order valence-electron chi connectivity index (χ3n) is 3.08. The molecule has 2 N–H and O–H groups in total. The Hall–Kier alpha value is -1.09. The van der Waals surface area contributed by atoms with Crippen molar-refractivity contribution in [3.63, 3.8) is 0 Å². The number of rotatable bonds is 5. The van der Waals surface area contributed by atoms with E-state index in [0.717, 1.165) is 18.4 Å². The van der Waals surface area contributed by atoms with Gasteiger partial charge in [-0.2, -0.15) is 0 Å². The summed E-state index contributed by atoms with van der Waals surface area (Å²) in [5.41, 5.74) is 7.07. The Bertz CT molecular complexity index is 339. The van der Waals surface area contributed by atoms with Crippen LogP contribution >= 0.6 is 0 Å². The lowest BCUT2D eigenvalue weighted by Crippen LogP contribution is -2.28. The maximum Gasteiger partial charge on any atom is 0.146 e. The van der Waals surface area contributed by atoms with Gasteiger partial charge in [-0.15, -0.1) is 0 Å². The van der Waals surface area contributed by atoms with Crippen molar-refractivity contribution in [1.29, 1.82) is 0 Å². The molecule has 0 saturated heterocycles. The molecule has 1 aromatic carbocycles. The van der Waals surface area contributed by atoms with Gasteiger partial charge in [-0.05, 0) is 44.0 Å². The first kappa shape index (κ1) is 13.0. The summed E-state index contributed by atoms with van der Waals surface area (Å²) >= 11 is 0. The molecule has 3 heteroatoms. The van der Waals surface area contributed by atoms with Gasteiger partial charge in [0.25, 0.3) is 0 Å². The lowest BCUT2D eigenvalue weighted by Gasteiger charge is -2.26. The standard InChI is InChI=1S/C13H21FN2/c1-4-10(2)16(3)13-6-5-11(7-8-15)9-12(13)14/h5-6,9-10H,4,7-8,15H2,1-3H3. The molecule has 90 valence electrons. The van der Waals surface area contributed by atoms with Crippen molar-refractivity contribution in [3.05, 3.63) is 29.6 Å². The van der Waals surface area contributed by atoms with Gasteiger partial charge in [-0.3, -0.25) is 0 Å². The predicted molar refractivity (Wildman–Crippen MR) is 67.3 cm³/mol. The Kier molecular flexibility index (Phi) is 4.74. The molecule has 1 rings (SSSR count). The maximum atomic E-state index is 13.8. The highest BCUT2D eigenvalue weighted by Crippen LogP contribution is 2.22. The second-order valence-electron chi connectivity index (χ2n) is 4.19. The molecule has 1 aromatic rings. The zero-order valence-electron chi connectivity index (χ0n) is 10.3. The zero-order valence-corrected chi connectivity index (χ0v) is 10.3. The van der Waals surface area contributed by atoms with E-state index in [1.165, 1.54) is 0 Å². The van der Waals surface area contributed by atoms with Crippen LogP contribution in [-0.4, -0.2) is 19.6 Å². The Morgan fingerprint density at radius 1 is 1.44 bits per heavy atom. The smallest absolute Gasteiger partial charge is 0.146 e. The fourth-order valence-electron chi connectivity index (χ4n) is 1.67. The van der Waals surface area contributed by atoms with Crippen molar-refractivity contribution in [3.8, 4) is 0 Å². The van der Waals surface area contributed by atoms with Gasteiger partial charge in [-0.1, -0.05) is 13.0 Å². The third kappa shape index (κ3) is 2.95. The van der Waals surface area contributed by atoms with Crippen LogP contribution in [0.2, 0.25) is 0 Å². The van der Waals surface area contributed by atoms with Gasteiger partial charge in [0, 0.05) is 13.1 Å². The van der Waals surface area contributed by atoms with Gasteiger partial charge in [0.05, 0.1) is 5.69 Å². The molecule has 16 heavy (non-hydrogen) atoms. The summed E-state index contributed by atoms with van der Waals surface area (Å²) in [6.45, 7) is 4.75. The molecule has 1 atom stereocenters. The van der Waals surface area contributed by atoms with Gasteiger partial charge in [0.15, 0.2) is 0 Å². The molecule has 0 aromatic heterocycles. The molecule has 0 amide bonds. The first-order valence-electron chi connectivity index (χ1n) is 5.81. The van der Waals surface area contributed by atoms with Crippen LogP contribution in [0.1, 0.15) is 25.8 Å². The topological polar surface area (TPSA) is 29.3 Å². The summed E-state index contributed by atoms with van der Waals surface area (Å²) in [4.78, 5) is 1.97. The second kappa shape index (κ2) is 5.85. The highest BCUT2D eigenvalue weighted by Gasteiger charge is 2.12. The van der Waals surface area contributed by atoms with E-state index in [4.69, 9.17) is 5.73 Å². The van der Waals surface area contributed by atoms with Crippen molar-refractivity contribution >= 4 is 5.69 Å². The van der Waals surface area contributed by atoms with E-state index in [0.29, 0.717) is 18.3 Å². The normalized spacial score (nSPS) is 12.6. The number of hydrogen-bond donors (Lipinski definition) is 1. The molecule has 0 aliphatic carbocycles. The van der Waals surface area contributed by atoms with E-state index >= 15 is 0 Å². The molecule has 0 heterocycles. The van der Waals surface area contributed by atoms with Gasteiger partial charge in [-0.25, -0.2) is 4.39 Å². The molecule has 1 unspecified atom stereocenters. The first-order chi connectivity index (χ1) is 7.60. The summed E-state index contributed by atoms with van der Waals surface area (Å²) in [5, 5.41) is 0. The van der Waals surface area contributed by atoms with Gasteiger partial charge < -0.3 is 10.6 Å². The fraction of sp³-hybridized carbons (Fsp3) is 0.538. The van der Waals surface area contributed by atoms with E-state index in [1.807, 2.05) is 24.1 Å². The largest absolute Gasteiger partial charge is 0.370 e. The lowest BCUT2D eigenvalue weighted by atomic mass is 10.1. The van der Waals surface area contributed by atoms with E-state index in [9.17, 15) is 4.39 Å². The SMILES string of the molecule is CCC(C)N(C)c1ccc(CCN)cc1F. The number of benzene rings is 1. The molecule has 0 saturated carbocycles. The predicted octanol–water partition coefficient (Wildman–Crippen LogP) is 2.56. The van der Waals surface area contributed by atoms with Crippen molar-refractivity contribution in [2.45, 2.75) is 32.7 Å².